The molecule has 19 heavy (non-hydrogen) atoms. The minimum absolute atomic E-state index is 0.413. The Morgan fingerprint density at radius 2 is 1.84 bits per heavy atom. The first-order valence-corrected chi connectivity index (χ1v) is 7.27. The van der Waals surface area contributed by atoms with E-state index in [4.69, 9.17) is 0 Å². The molecule has 0 amide bonds. The van der Waals surface area contributed by atoms with E-state index in [2.05, 4.69) is 62.2 Å². The Labute approximate surface area is 118 Å². The number of rotatable bonds is 9. The molecule has 0 unspecified atom stereocenters. The summed E-state index contributed by atoms with van der Waals surface area (Å²) in [5, 5.41) is 0. The van der Waals surface area contributed by atoms with Crippen molar-refractivity contribution in [1.29, 1.82) is 0 Å². The standard InChI is InChI=1S/C18H27N/c1-5-11-18(12-6-2)19(15-7-3)16(4)17-13-9-8-10-14-17/h5,7-10,13-14,16,18H,1,3,6,11-12,15H2,2,4H3/t16-,18+/m0/s1. The molecule has 0 saturated carbocycles. The fraction of sp³-hybridized carbons (Fsp3) is 0.444. The maximum Gasteiger partial charge on any atom is 0.0326 e. The van der Waals surface area contributed by atoms with Crippen LogP contribution in [0.3, 0.4) is 0 Å². The molecule has 1 aromatic carbocycles. The van der Waals surface area contributed by atoms with Gasteiger partial charge in [-0.1, -0.05) is 55.8 Å². The van der Waals surface area contributed by atoms with Gasteiger partial charge >= 0.3 is 0 Å². The van der Waals surface area contributed by atoms with Crippen LogP contribution in [0.5, 0.6) is 0 Å². The maximum atomic E-state index is 3.91. The second kappa shape index (κ2) is 8.71. The van der Waals surface area contributed by atoms with Crippen molar-refractivity contribution < 1.29 is 0 Å². The molecule has 0 aliphatic carbocycles. The van der Waals surface area contributed by atoms with Crippen LogP contribution in [0.25, 0.3) is 0 Å². The smallest absolute Gasteiger partial charge is 0.0326 e. The van der Waals surface area contributed by atoms with Crippen molar-refractivity contribution in [3.8, 4) is 0 Å². The SMILES string of the molecule is C=CC[C@H](CCC)N(CC=C)[C@@H](C)c1ccccc1. The molecule has 1 rings (SSSR count). The molecule has 0 aliphatic heterocycles. The van der Waals surface area contributed by atoms with Gasteiger partial charge in [-0.25, -0.2) is 0 Å². The lowest BCUT2D eigenvalue weighted by molar-refractivity contribution is 0.153. The van der Waals surface area contributed by atoms with Crippen LogP contribution >= 0.6 is 0 Å². The van der Waals surface area contributed by atoms with E-state index in [1.165, 1.54) is 18.4 Å². The molecule has 0 bridgehead atoms. The number of hydrogen-bond donors (Lipinski definition) is 0. The van der Waals surface area contributed by atoms with Gasteiger partial charge in [-0.15, -0.1) is 13.2 Å². The summed E-state index contributed by atoms with van der Waals surface area (Å²) in [6.07, 6.45) is 7.49. The molecular weight excluding hydrogens is 230 g/mol. The van der Waals surface area contributed by atoms with Crippen molar-refractivity contribution >= 4 is 0 Å². The molecule has 0 saturated heterocycles. The van der Waals surface area contributed by atoms with Crippen LogP contribution in [0.1, 0.15) is 44.7 Å². The second-order valence-corrected chi connectivity index (χ2v) is 5.04. The molecule has 104 valence electrons. The predicted molar refractivity (Wildman–Crippen MR) is 85.3 cm³/mol. The molecule has 0 radical (unpaired) electrons. The highest BCUT2D eigenvalue weighted by atomic mass is 15.2. The van der Waals surface area contributed by atoms with Crippen molar-refractivity contribution in [2.45, 2.75) is 45.2 Å². The van der Waals surface area contributed by atoms with Crippen LogP contribution in [0.2, 0.25) is 0 Å². The Morgan fingerprint density at radius 3 is 2.37 bits per heavy atom. The van der Waals surface area contributed by atoms with E-state index < -0.39 is 0 Å². The average molecular weight is 257 g/mol. The highest BCUT2D eigenvalue weighted by Gasteiger charge is 2.21. The molecule has 0 fully saturated rings. The third-order valence-corrected chi connectivity index (χ3v) is 3.65. The van der Waals surface area contributed by atoms with Gasteiger partial charge in [0.15, 0.2) is 0 Å². The molecule has 1 nitrogen and oxygen atoms in total. The van der Waals surface area contributed by atoms with Gasteiger partial charge in [-0.3, -0.25) is 4.90 Å². The van der Waals surface area contributed by atoms with Crippen LogP contribution in [0.4, 0.5) is 0 Å². The largest absolute Gasteiger partial charge is 0.290 e. The van der Waals surface area contributed by atoms with Gasteiger partial charge in [0.05, 0.1) is 0 Å². The van der Waals surface area contributed by atoms with Gasteiger partial charge in [-0.05, 0) is 25.3 Å². The van der Waals surface area contributed by atoms with E-state index in [0.29, 0.717) is 12.1 Å². The molecular formula is C18H27N. The summed E-state index contributed by atoms with van der Waals surface area (Å²) in [5.74, 6) is 0. The normalized spacial score (nSPS) is 14.1. The molecule has 0 heterocycles. The molecule has 0 N–H and O–H groups in total. The highest BCUT2D eigenvalue weighted by molar-refractivity contribution is 5.18. The summed E-state index contributed by atoms with van der Waals surface area (Å²) in [4.78, 5) is 2.54. The quantitative estimate of drug-likeness (QED) is 0.564. The lowest BCUT2D eigenvalue weighted by Crippen LogP contribution is -2.37. The van der Waals surface area contributed by atoms with E-state index >= 15 is 0 Å². The highest BCUT2D eigenvalue weighted by Crippen LogP contribution is 2.25. The van der Waals surface area contributed by atoms with Gasteiger partial charge in [0, 0.05) is 18.6 Å². The molecule has 0 aromatic heterocycles. The van der Waals surface area contributed by atoms with Gasteiger partial charge in [0.2, 0.25) is 0 Å². The lowest BCUT2D eigenvalue weighted by atomic mass is 10.0. The first-order chi connectivity index (χ1) is 9.24. The number of hydrogen-bond acceptors (Lipinski definition) is 1. The third kappa shape index (κ3) is 4.68. The summed E-state index contributed by atoms with van der Waals surface area (Å²) < 4.78 is 0. The predicted octanol–water partition coefficient (Wildman–Crippen LogP) is 4.98. The third-order valence-electron chi connectivity index (χ3n) is 3.65. The van der Waals surface area contributed by atoms with Crippen molar-refractivity contribution in [3.63, 3.8) is 0 Å². The molecule has 2 atom stereocenters. The van der Waals surface area contributed by atoms with Crippen LogP contribution < -0.4 is 0 Å². The topological polar surface area (TPSA) is 3.24 Å². The summed E-state index contributed by atoms with van der Waals surface area (Å²) >= 11 is 0. The van der Waals surface area contributed by atoms with E-state index in [-0.39, 0.29) is 0 Å². The monoisotopic (exact) mass is 257 g/mol. The van der Waals surface area contributed by atoms with Crippen LogP contribution in [-0.2, 0) is 0 Å². The van der Waals surface area contributed by atoms with E-state index in [9.17, 15) is 0 Å². The zero-order chi connectivity index (χ0) is 14.1. The molecule has 0 aliphatic rings. The van der Waals surface area contributed by atoms with Crippen LogP contribution in [0.15, 0.2) is 55.6 Å². The van der Waals surface area contributed by atoms with Gasteiger partial charge in [-0.2, -0.15) is 0 Å². The molecule has 1 heteroatoms. The summed E-state index contributed by atoms with van der Waals surface area (Å²) in [6.45, 7) is 13.3. The lowest BCUT2D eigenvalue weighted by Gasteiger charge is -2.35. The van der Waals surface area contributed by atoms with Crippen molar-refractivity contribution in [3.05, 3.63) is 61.2 Å². The Kier molecular flexibility index (Phi) is 7.20. The summed E-state index contributed by atoms with van der Waals surface area (Å²) in [6, 6.07) is 11.7. The minimum Gasteiger partial charge on any atom is -0.290 e. The van der Waals surface area contributed by atoms with Crippen molar-refractivity contribution in [2.24, 2.45) is 0 Å². The average Bonchev–Trinajstić information content (AvgIpc) is 2.45. The number of benzene rings is 1. The zero-order valence-corrected chi connectivity index (χ0v) is 12.4. The fourth-order valence-electron chi connectivity index (χ4n) is 2.64. The Hall–Kier alpha value is -1.34. The van der Waals surface area contributed by atoms with Crippen molar-refractivity contribution in [1.82, 2.24) is 4.90 Å². The van der Waals surface area contributed by atoms with Gasteiger partial charge < -0.3 is 0 Å². The molecule has 0 spiro atoms. The summed E-state index contributed by atoms with van der Waals surface area (Å²) in [7, 11) is 0. The molecule has 1 aromatic rings. The van der Waals surface area contributed by atoms with E-state index in [1.807, 2.05) is 12.2 Å². The van der Waals surface area contributed by atoms with Crippen molar-refractivity contribution in [2.75, 3.05) is 6.54 Å². The van der Waals surface area contributed by atoms with Crippen LogP contribution in [0, 0.1) is 0 Å². The van der Waals surface area contributed by atoms with E-state index in [0.717, 1.165) is 13.0 Å². The van der Waals surface area contributed by atoms with E-state index in [1.54, 1.807) is 0 Å². The minimum atomic E-state index is 0.413. The number of nitrogens with zero attached hydrogens (tertiary/aromatic N) is 1. The first-order valence-electron chi connectivity index (χ1n) is 7.27. The first kappa shape index (κ1) is 15.7. The Bertz CT molecular complexity index is 369. The Balaban J connectivity index is 2.90. The van der Waals surface area contributed by atoms with Crippen LogP contribution in [-0.4, -0.2) is 17.5 Å². The maximum absolute atomic E-state index is 3.91. The second-order valence-electron chi connectivity index (χ2n) is 5.04. The van der Waals surface area contributed by atoms with Gasteiger partial charge in [0.1, 0.15) is 0 Å². The Morgan fingerprint density at radius 1 is 1.16 bits per heavy atom. The zero-order valence-electron chi connectivity index (χ0n) is 12.4. The van der Waals surface area contributed by atoms with Gasteiger partial charge in [0.25, 0.3) is 0 Å². The fourth-order valence-corrected chi connectivity index (χ4v) is 2.64. The summed E-state index contributed by atoms with van der Waals surface area (Å²) in [5.41, 5.74) is 1.37.